The Morgan fingerprint density at radius 3 is 1.94 bits per heavy atom. The summed E-state index contributed by atoms with van der Waals surface area (Å²) in [6.45, 7) is 1.49. The Balaban J connectivity index is 1.65. The third-order valence-electron chi connectivity index (χ3n) is 5.51. The number of nitrogens with one attached hydrogen (secondary N) is 2. The number of carbonyl (C=O) groups excluding carboxylic acids is 2. The van der Waals surface area contributed by atoms with E-state index in [9.17, 15) is 22.6 Å². The molecule has 4 aromatic carbocycles. The predicted octanol–water partition coefficient (Wildman–Crippen LogP) is 5.25. The van der Waals surface area contributed by atoms with Gasteiger partial charge in [0.2, 0.25) is 0 Å². The average Bonchev–Trinajstić information content (AvgIpc) is 2.82. The molecule has 0 radical (unpaired) electrons. The number of benzene rings is 4. The van der Waals surface area contributed by atoms with Crippen molar-refractivity contribution in [3.63, 3.8) is 0 Å². The summed E-state index contributed by atoms with van der Waals surface area (Å²) in [5.41, 5.74) is 2.94. The number of hydrogen-bond acceptors (Lipinski definition) is 5. The first-order valence-electron chi connectivity index (χ1n) is 10.4. The van der Waals surface area contributed by atoms with Gasteiger partial charge in [-0.15, -0.1) is 0 Å². The molecule has 0 saturated carbocycles. The second-order valence-corrected chi connectivity index (χ2v) is 9.19. The molecule has 0 heterocycles. The van der Waals surface area contributed by atoms with Crippen LogP contribution in [0.2, 0.25) is 0 Å². The van der Waals surface area contributed by atoms with Crippen LogP contribution in [-0.4, -0.2) is 31.7 Å². The van der Waals surface area contributed by atoms with Gasteiger partial charge >= 0.3 is 0 Å². The highest BCUT2D eigenvalue weighted by Gasteiger charge is 2.19. The lowest BCUT2D eigenvalue weighted by Gasteiger charge is -2.12. The van der Waals surface area contributed by atoms with Gasteiger partial charge in [0.1, 0.15) is 4.90 Å². The standard InChI is InChI=1S/C26H22N2O5S/c1-16(29)18-3-4-20-14-21(6-5-19(20)13-18)26(30)28-23-11-12-24(25(15-23)34(31,32)33)17-7-9-22(27-2)10-8-17/h3-15,27H,1-2H3,(H,28,30)(H,31,32,33). The van der Waals surface area contributed by atoms with E-state index in [1.54, 1.807) is 73.8 Å². The summed E-state index contributed by atoms with van der Waals surface area (Å²) >= 11 is 0. The van der Waals surface area contributed by atoms with Gasteiger partial charge in [0.25, 0.3) is 16.0 Å². The van der Waals surface area contributed by atoms with E-state index in [0.717, 1.165) is 16.5 Å². The molecule has 172 valence electrons. The van der Waals surface area contributed by atoms with Crippen LogP contribution >= 0.6 is 0 Å². The molecule has 0 bridgehead atoms. The molecule has 0 aliphatic carbocycles. The van der Waals surface area contributed by atoms with E-state index in [1.165, 1.54) is 19.1 Å². The summed E-state index contributed by atoms with van der Waals surface area (Å²) < 4.78 is 34.0. The number of fused-ring (bicyclic) bond motifs is 1. The van der Waals surface area contributed by atoms with Crippen LogP contribution in [0.5, 0.6) is 0 Å². The van der Waals surface area contributed by atoms with E-state index in [2.05, 4.69) is 10.6 Å². The minimum Gasteiger partial charge on any atom is -0.388 e. The number of amides is 1. The van der Waals surface area contributed by atoms with Crippen LogP contribution in [0.3, 0.4) is 0 Å². The van der Waals surface area contributed by atoms with E-state index >= 15 is 0 Å². The maximum atomic E-state index is 12.8. The molecule has 4 aromatic rings. The van der Waals surface area contributed by atoms with Crippen LogP contribution in [0.15, 0.2) is 83.8 Å². The molecular weight excluding hydrogens is 452 g/mol. The summed E-state index contributed by atoms with van der Waals surface area (Å²) in [4.78, 5) is 24.1. The number of ketones is 1. The van der Waals surface area contributed by atoms with Crippen LogP contribution in [0, 0.1) is 0 Å². The molecule has 0 unspecified atom stereocenters. The van der Waals surface area contributed by atoms with Gasteiger partial charge in [-0.1, -0.05) is 36.4 Å². The third-order valence-corrected chi connectivity index (χ3v) is 6.40. The second-order valence-electron chi connectivity index (χ2n) is 7.80. The monoisotopic (exact) mass is 474 g/mol. The van der Waals surface area contributed by atoms with Crippen LogP contribution in [0.1, 0.15) is 27.6 Å². The zero-order valence-corrected chi connectivity index (χ0v) is 19.3. The van der Waals surface area contributed by atoms with Gasteiger partial charge in [-0.2, -0.15) is 8.42 Å². The van der Waals surface area contributed by atoms with Gasteiger partial charge < -0.3 is 10.6 Å². The fourth-order valence-electron chi connectivity index (χ4n) is 3.68. The SMILES string of the molecule is CNc1ccc(-c2ccc(NC(=O)c3ccc4cc(C(C)=O)ccc4c3)cc2S(=O)(=O)O)cc1. The highest BCUT2D eigenvalue weighted by atomic mass is 32.2. The topological polar surface area (TPSA) is 113 Å². The third kappa shape index (κ3) is 4.83. The first-order valence-corrected chi connectivity index (χ1v) is 11.9. The van der Waals surface area contributed by atoms with Crippen molar-refractivity contribution in [3.05, 3.63) is 90.0 Å². The summed E-state index contributed by atoms with van der Waals surface area (Å²) in [5, 5.41) is 7.28. The number of hydrogen-bond donors (Lipinski definition) is 3. The maximum absolute atomic E-state index is 12.8. The molecule has 1 amide bonds. The molecule has 0 atom stereocenters. The predicted molar refractivity (Wildman–Crippen MR) is 133 cm³/mol. The average molecular weight is 475 g/mol. The van der Waals surface area contributed by atoms with Crippen LogP contribution < -0.4 is 10.6 Å². The molecule has 0 fully saturated rings. The van der Waals surface area contributed by atoms with Crippen LogP contribution in [0.25, 0.3) is 21.9 Å². The number of carbonyl (C=O) groups is 2. The van der Waals surface area contributed by atoms with Gasteiger partial charge in [-0.25, -0.2) is 0 Å². The van der Waals surface area contributed by atoms with Crippen LogP contribution in [-0.2, 0) is 10.1 Å². The molecule has 34 heavy (non-hydrogen) atoms. The fourth-order valence-corrected chi connectivity index (χ4v) is 4.42. The van der Waals surface area contributed by atoms with Gasteiger partial charge in [-0.3, -0.25) is 14.1 Å². The molecule has 4 rings (SSSR count). The van der Waals surface area contributed by atoms with Crippen molar-refractivity contribution in [2.45, 2.75) is 11.8 Å². The molecule has 7 nitrogen and oxygen atoms in total. The Morgan fingerprint density at radius 2 is 1.35 bits per heavy atom. The quantitative estimate of drug-likeness (QED) is 0.260. The highest BCUT2D eigenvalue weighted by molar-refractivity contribution is 7.86. The van der Waals surface area contributed by atoms with Crippen molar-refractivity contribution in [1.29, 1.82) is 0 Å². The lowest BCUT2D eigenvalue weighted by atomic mass is 10.0. The van der Waals surface area contributed by atoms with E-state index in [0.29, 0.717) is 22.3 Å². The Morgan fingerprint density at radius 1 is 0.765 bits per heavy atom. The minimum absolute atomic E-state index is 0.0419. The van der Waals surface area contributed by atoms with Gasteiger partial charge in [-0.05, 0) is 65.7 Å². The second kappa shape index (κ2) is 9.09. The van der Waals surface area contributed by atoms with Crippen molar-refractivity contribution < 1.29 is 22.6 Å². The molecule has 0 spiro atoms. The Labute approximate surface area is 197 Å². The minimum atomic E-state index is -4.55. The molecule has 0 aliphatic heterocycles. The zero-order valence-electron chi connectivity index (χ0n) is 18.5. The van der Waals surface area contributed by atoms with Crippen molar-refractivity contribution in [2.24, 2.45) is 0 Å². The molecule has 8 heteroatoms. The highest BCUT2D eigenvalue weighted by Crippen LogP contribution is 2.31. The van der Waals surface area contributed by atoms with Crippen molar-refractivity contribution in [3.8, 4) is 11.1 Å². The van der Waals surface area contributed by atoms with E-state index in [1.807, 2.05) is 0 Å². The first kappa shape index (κ1) is 23.2. The van der Waals surface area contributed by atoms with Crippen LogP contribution in [0.4, 0.5) is 11.4 Å². The van der Waals surface area contributed by atoms with E-state index in [-0.39, 0.29) is 16.4 Å². The summed E-state index contributed by atoms with van der Waals surface area (Å²) in [6.07, 6.45) is 0. The molecular formula is C26H22N2O5S. The molecule has 3 N–H and O–H groups in total. The summed E-state index contributed by atoms with van der Waals surface area (Å²) in [7, 11) is -2.78. The fraction of sp³-hybridized carbons (Fsp3) is 0.0769. The lowest BCUT2D eigenvalue weighted by molar-refractivity contribution is 0.101. The van der Waals surface area contributed by atoms with Gasteiger partial charge in [0.05, 0.1) is 0 Å². The zero-order chi connectivity index (χ0) is 24.5. The number of Topliss-reactive ketones (excluding diaryl/α,β-unsaturated/α-hetero) is 1. The number of anilines is 2. The van der Waals surface area contributed by atoms with Crippen molar-refractivity contribution in [2.75, 3.05) is 17.7 Å². The first-order chi connectivity index (χ1) is 16.2. The molecule has 0 saturated heterocycles. The maximum Gasteiger partial charge on any atom is 0.295 e. The lowest BCUT2D eigenvalue weighted by Crippen LogP contribution is -2.12. The normalized spacial score (nSPS) is 11.3. The Bertz CT molecular complexity index is 1530. The Kier molecular flexibility index (Phi) is 6.19. The van der Waals surface area contributed by atoms with Crippen molar-refractivity contribution in [1.82, 2.24) is 0 Å². The van der Waals surface area contributed by atoms with E-state index in [4.69, 9.17) is 0 Å². The summed E-state index contributed by atoms with van der Waals surface area (Å²) in [5.74, 6) is -0.482. The molecule has 0 aromatic heterocycles. The van der Waals surface area contributed by atoms with Gasteiger partial charge in [0, 0.05) is 35.1 Å². The largest absolute Gasteiger partial charge is 0.388 e. The number of rotatable bonds is 6. The van der Waals surface area contributed by atoms with Crippen molar-refractivity contribution >= 4 is 44.0 Å². The van der Waals surface area contributed by atoms with Gasteiger partial charge in [0.15, 0.2) is 5.78 Å². The van der Waals surface area contributed by atoms with E-state index < -0.39 is 16.0 Å². The Hall–Kier alpha value is -4.01. The smallest absolute Gasteiger partial charge is 0.295 e. The molecule has 0 aliphatic rings. The summed E-state index contributed by atoms with van der Waals surface area (Å²) in [6, 6.07) is 21.7.